The Morgan fingerprint density at radius 3 is 2.26 bits per heavy atom. The van der Waals surface area contributed by atoms with Gasteiger partial charge >= 0.3 is 0 Å². The fourth-order valence-corrected chi connectivity index (χ4v) is 3.51. The minimum Gasteiger partial charge on any atom is -0.497 e. The smallest absolute Gasteiger partial charge is 0.242 e. The second-order valence-electron chi connectivity index (χ2n) is 7.71. The highest BCUT2D eigenvalue weighted by atomic mass is 16.5. The predicted octanol–water partition coefficient (Wildman–Crippen LogP) is 3.58. The van der Waals surface area contributed by atoms with Crippen molar-refractivity contribution in [3.8, 4) is 17.2 Å². The van der Waals surface area contributed by atoms with Gasteiger partial charge in [-0.05, 0) is 54.4 Å². The lowest BCUT2D eigenvalue weighted by Crippen LogP contribution is -2.47. The standard InChI is InChI=1S/C26H30N2O6/c1-18(26(30)27-16-22-6-5-13-34-22)28(17-19-7-10-21(31-2)11-8-19)25(29)15-20-9-12-23(32-3)24(14-20)33-4/h5-14,18H,15-17H2,1-4H3,(H,27,30)/t18-/m0/s1. The molecule has 0 fully saturated rings. The summed E-state index contributed by atoms with van der Waals surface area (Å²) in [7, 11) is 4.70. The molecule has 0 aliphatic rings. The van der Waals surface area contributed by atoms with Crippen molar-refractivity contribution in [1.29, 1.82) is 0 Å². The molecule has 0 aliphatic heterocycles. The summed E-state index contributed by atoms with van der Waals surface area (Å²) < 4.78 is 21.1. The van der Waals surface area contributed by atoms with E-state index in [4.69, 9.17) is 18.6 Å². The third kappa shape index (κ3) is 6.31. The van der Waals surface area contributed by atoms with Crippen LogP contribution in [-0.2, 0) is 29.1 Å². The molecule has 1 aromatic heterocycles. The van der Waals surface area contributed by atoms with E-state index in [2.05, 4.69) is 5.32 Å². The second-order valence-corrected chi connectivity index (χ2v) is 7.71. The molecule has 3 aromatic rings. The zero-order valence-electron chi connectivity index (χ0n) is 19.9. The Morgan fingerprint density at radius 2 is 1.65 bits per heavy atom. The van der Waals surface area contributed by atoms with Gasteiger partial charge in [0.1, 0.15) is 17.6 Å². The summed E-state index contributed by atoms with van der Waals surface area (Å²) in [5, 5.41) is 2.84. The lowest BCUT2D eigenvalue weighted by Gasteiger charge is -2.29. The van der Waals surface area contributed by atoms with E-state index >= 15 is 0 Å². The maximum absolute atomic E-state index is 13.4. The molecule has 0 saturated carbocycles. The third-order valence-electron chi connectivity index (χ3n) is 5.50. The van der Waals surface area contributed by atoms with E-state index in [1.54, 1.807) is 63.7 Å². The average Bonchev–Trinajstić information content (AvgIpc) is 3.39. The molecular weight excluding hydrogens is 436 g/mol. The van der Waals surface area contributed by atoms with E-state index in [9.17, 15) is 9.59 Å². The van der Waals surface area contributed by atoms with Crippen molar-refractivity contribution in [3.63, 3.8) is 0 Å². The zero-order chi connectivity index (χ0) is 24.5. The molecule has 8 nitrogen and oxygen atoms in total. The Balaban J connectivity index is 1.78. The SMILES string of the molecule is COc1ccc(CN(C(=O)Cc2ccc(OC)c(OC)c2)[C@@H](C)C(=O)NCc2ccco2)cc1. The van der Waals surface area contributed by atoms with Gasteiger partial charge in [-0.2, -0.15) is 0 Å². The first-order valence-electron chi connectivity index (χ1n) is 10.9. The van der Waals surface area contributed by atoms with Gasteiger partial charge in [-0.3, -0.25) is 9.59 Å². The quantitative estimate of drug-likeness (QED) is 0.465. The molecule has 0 radical (unpaired) electrons. The highest BCUT2D eigenvalue weighted by Crippen LogP contribution is 2.28. The molecule has 34 heavy (non-hydrogen) atoms. The van der Waals surface area contributed by atoms with Crippen LogP contribution >= 0.6 is 0 Å². The highest BCUT2D eigenvalue weighted by Gasteiger charge is 2.26. The molecule has 3 rings (SSSR count). The van der Waals surface area contributed by atoms with Crippen LogP contribution in [0.4, 0.5) is 0 Å². The van der Waals surface area contributed by atoms with Crippen LogP contribution < -0.4 is 19.5 Å². The number of carbonyl (C=O) groups is 2. The first kappa shape index (κ1) is 24.7. The topological polar surface area (TPSA) is 90.2 Å². The van der Waals surface area contributed by atoms with Gasteiger partial charge < -0.3 is 28.8 Å². The number of amides is 2. The summed E-state index contributed by atoms with van der Waals surface area (Å²) in [5.41, 5.74) is 1.64. The minimum atomic E-state index is -0.704. The monoisotopic (exact) mass is 466 g/mol. The molecule has 1 heterocycles. The number of rotatable bonds is 11. The van der Waals surface area contributed by atoms with Crippen molar-refractivity contribution in [2.45, 2.75) is 32.5 Å². The summed E-state index contributed by atoms with van der Waals surface area (Å²) in [4.78, 5) is 27.9. The number of furan rings is 1. The molecule has 0 aliphatic carbocycles. The van der Waals surface area contributed by atoms with E-state index in [1.165, 1.54) is 0 Å². The minimum absolute atomic E-state index is 0.103. The molecule has 180 valence electrons. The van der Waals surface area contributed by atoms with Crippen LogP contribution in [0.3, 0.4) is 0 Å². The predicted molar refractivity (Wildman–Crippen MR) is 127 cm³/mol. The number of hydrogen-bond acceptors (Lipinski definition) is 6. The normalized spacial score (nSPS) is 11.4. The Morgan fingerprint density at radius 1 is 0.941 bits per heavy atom. The summed E-state index contributed by atoms with van der Waals surface area (Å²) >= 11 is 0. The summed E-state index contributed by atoms with van der Waals surface area (Å²) in [6.07, 6.45) is 1.65. The molecule has 2 aromatic carbocycles. The van der Waals surface area contributed by atoms with Gasteiger partial charge in [-0.15, -0.1) is 0 Å². The lowest BCUT2D eigenvalue weighted by molar-refractivity contribution is -0.140. The zero-order valence-corrected chi connectivity index (χ0v) is 19.9. The average molecular weight is 467 g/mol. The maximum Gasteiger partial charge on any atom is 0.242 e. The van der Waals surface area contributed by atoms with E-state index in [0.717, 1.165) is 16.9 Å². The van der Waals surface area contributed by atoms with E-state index in [0.29, 0.717) is 17.3 Å². The van der Waals surface area contributed by atoms with E-state index in [-0.39, 0.29) is 31.3 Å². The maximum atomic E-state index is 13.4. The van der Waals surface area contributed by atoms with Crippen LogP contribution in [0.2, 0.25) is 0 Å². The van der Waals surface area contributed by atoms with Gasteiger partial charge in [-0.1, -0.05) is 18.2 Å². The molecule has 0 bridgehead atoms. The van der Waals surface area contributed by atoms with Gasteiger partial charge in [0.05, 0.1) is 40.6 Å². The third-order valence-corrected chi connectivity index (χ3v) is 5.50. The number of hydrogen-bond donors (Lipinski definition) is 1. The summed E-state index contributed by atoms with van der Waals surface area (Å²) in [6.45, 7) is 2.23. The largest absolute Gasteiger partial charge is 0.497 e. The molecular formula is C26H30N2O6. The summed E-state index contributed by atoms with van der Waals surface area (Å²) in [6, 6.07) is 15.6. The lowest BCUT2D eigenvalue weighted by atomic mass is 10.1. The molecule has 8 heteroatoms. The van der Waals surface area contributed by atoms with E-state index < -0.39 is 6.04 Å². The Bertz CT molecular complexity index is 1080. The number of nitrogens with one attached hydrogen (secondary N) is 1. The highest BCUT2D eigenvalue weighted by molar-refractivity contribution is 5.88. The number of ether oxygens (including phenoxy) is 3. The number of carbonyl (C=O) groups excluding carboxylic acids is 2. The fourth-order valence-electron chi connectivity index (χ4n) is 3.51. The van der Waals surface area contributed by atoms with Crippen LogP contribution in [0.5, 0.6) is 17.2 Å². The van der Waals surface area contributed by atoms with Gasteiger partial charge in [0.15, 0.2) is 11.5 Å². The van der Waals surface area contributed by atoms with Crippen LogP contribution in [0, 0.1) is 0 Å². The van der Waals surface area contributed by atoms with Crippen LogP contribution in [0.15, 0.2) is 65.3 Å². The molecule has 0 saturated heterocycles. The number of nitrogens with zero attached hydrogens (tertiary/aromatic N) is 1. The Labute approximate surface area is 199 Å². The van der Waals surface area contributed by atoms with Crippen LogP contribution in [0.1, 0.15) is 23.8 Å². The number of benzene rings is 2. The Kier molecular flexibility index (Phi) is 8.56. The van der Waals surface area contributed by atoms with Crippen molar-refractivity contribution in [1.82, 2.24) is 10.2 Å². The van der Waals surface area contributed by atoms with Crippen molar-refractivity contribution in [2.75, 3.05) is 21.3 Å². The molecule has 1 atom stereocenters. The first-order valence-corrected chi connectivity index (χ1v) is 10.9. The van der Waals surface area contributed by atoms with Crippen molar-refractivity contribution < 1.29 is 28.2 Å². The van der Waals surface area contributed by atoms with Crippen LogP contribution in [-0.4, -0.2) is 44.1 Å². The second kappa shape index (κ2) is 11.8. The fraction of sp³-hybridized carbons (Fsp3) is 0.308. The van der Waals surface area contributed by atoms with Gasteiger partial charge in [0, 0.05) is 6.54 Å². The molecule has 0 unspecified atom stereocenters. The van der Waals surface area contributed by atoms with Crippen molar-refractivity contribution in [3.05, 3.63) is 77.7 Å². The molecule has 1 N–H and O–H groups in total. The van der Waals surface area contributed by atoms with E-state index in [1.807, 2.05) is 30.3 Å². The first-order chi connectivity index (χ1) is 16.4. The van der Waals surface area contributed by atoms with Crippen molar-refractivity contribution in [2.24, 2.45) is 0 Å². The number of methoxy groups -OCH3 is 3. The Hall–Kier alpha value is -3.94. The van der Waals surface area contributed by atoms with Gasteiger partial charge in [0.2, 0.25) is 11.8 Å². The van der Waals surface area contributed by atoms with Gasteiger partial charge in [-0.25, -0.2) is 0 Å². The molecule has 2 amide bonds. The molecule has 0 spiro atoms. The van der Waals surface area contributed by atoms with Gasteiger partial charge in [0.25, 0.3) is 0 Å². The summed E-state index contributed by atoms with van der Waals surface area (Å²) in [5.74, 6) is 2.02. The van der Waals surface area contributed by atoms with Crippen LogP contribution in [0.25, 0.3) is 0 Å². The van der Waals surface area contributed by atoms with Crippen molar-refractivity contribution >= 4 is 11.8 Å².